The Bertz CT molecular complexity index is 801. The molecule has 2 rings (SSSR count). The highest BCUT2D eigenvalue weighted by molar-refractivity contribution is 7.92. The van der Waals surface area contributed by atoms with Crippen molar-refractivity contribution < 1.29 is 8.42 Å². The molecular weight excluding hydrogens is 321 g/mol. The molecular formula is C12H7Cl2N3O2S. The first kappa shape index (κ1) is 14.6. The van der Waals surface area contributed by atoms with Gasteiger partial charge < -0.3 is 0 Å². The fraction of sp³-hybridized carbons (Fsp3) is 0. The second kappa shape index (κ2) is 5.67. The van der Waals surface area contributed by atoms with Crippen LogP contribution in [-0.4, -0.2) is 13.4 Å². The van der Waals surface area contributed by atoms with E-state index < -0.39 is 10.0 Å². The summed E-state index contributed by atoms with van der Waals surface area (Å²) in [4.78, 5) is 3.54. The van der Waals surface area contributed by atoms with Crippen LogP contribution in [0.15, 0.2) is 41.4 Å². The Morgan fingerprint density at radius 1 is 1.25 bits per heavy atom. The molecule has 1 N–H and O–H groups in total. The molecule has 0 aliphatic rings. The van der Waals surface area contributed by atoms with Crippen LogP contribution in [0.2, 0.25) is 10.2 Å². The van der Waals surface area contributed by atoms with Crippen molar-refractivity contribution in [1.82, 2.24) is 4.98 Å². The van der Waals surface area contributed by atoms with Crippen molar-refractivity contribution in [3.8, 4) is 6.07 Å². The maximum absolute atomic E-state index is 12.2. The Kier molecular flexibility index (Phi) is 4.14. The molecule has 0 fully saturated rings. The largest absolute Gasteiger partial charge is 0.278 e. The average Bonchev–Trinajstić information content (AvgIpc) is 2.42. The number of nitrogens with one attached hydrogen (secondary N) is 1. The number of halogens is 2. The maximum Gasteiger partial charge on any atom is 0.263 e. The van der Waals surface area contributed by atoms with E-state index in [1.807, 2.05) is 6.07 Å². The zero-order valence-corrected chi connectivity index (χ0v) is 12.2. The first-order valence-corrected chi connectivity index (χ1v) is 7.51. The van der Waals surface area contributed by atoms with E-state index in [1.165, 1.54) is 18.2 Å². The predicted octanol–water partition coefficient (Wildman–Crippen LogP) is 3.06. The molecule has 1 aromatic heterocycles. The maximum atomic E-state index is 12.2. The van der Waals surface area contributed by atoms with E-state index in [-0.39, 0.29) is 26.3 Å². The molecule has 102 valence electrons. The van der Waals surface area contributed by atoms with Crippen molar-refractivity contribution in [1.29, 1.82) is 5.26 Å². The van der Waals surface area contributed by atoms with E-state index in [0.717, 1.165) is 6.20 Å². The van der Waals surface area contributed by atoms with Crippen molar-refractivity contribution in [3.63, 3.8) is 0 Å². The number of sulfonamides is 1. The fourth-order valence-electron chi connectivity index (χ4n) is 1.42. The fourth-order valence-corrected chi connectivity index (χ4v) is 2.81. The highest BCUT2D eigenvalue weighted by Crippen LogP contribution is 2.24. The van der Waals surface area contributed by atoms with E-state index in [0.29, 0.717) is 0 Å². The molecule has 0 atom stereocenters. The molecule has 0 aliphatic heterocycles. The van der Waals surface area contributed by atoms with Gasteiger partial charge in [-0.2, -0.15) is 5.26 Å². The minimum absolute atomic E-state index is 0.0167. The molecule has 1 aromatic carbocycles. The number of nitriles is 1. The molecule has 0 radical (unpaired) electrons. The Labute approximate surface area is 125 Å². The van der Waals surface area contributed by atoms with Crippen molar-refractivity contribution >= 4 is 38.9 Å². The highest BCUT2D eigenvalue weighted by atomic mass is 35.5. The number of benzene rings is 1. The molecule has 0 bridgehead atoms. The Balaban J connectivity index is 2.41. The summed E-state index contributed by atoms with van der Waals surface area (Å²) in [6, 6.07) is 9.33. The zero-order chi connectivity index (χ0) is 14.8. The van der Waals surface area contributed by atoms with Gasteiger partial charge in [0.05, 0.1) is 16.3 Å². The van der Waals surface area contributed by atoms with Crippen LogP contribution in [0.25, 0.3) is 0 Å². The highest BCUT2D eigenvalue weighted by Gasteiger charge is 2.17. The van der Waals surface area contributed by atoms with E-state index in [1.54, 1.807) is 12.1 Å². The second-order valence-corrected chi connectivity index (χ2v) is 6.15. The van der Waals surface area contributed by atoms with Gasteiger partial charge in [-0.1, -0.05) is 35.3 Å². The van der Waals surface area contributed by atoms with Crippen LogP contribution >= 0.6 is 23.2 Å². The molecule has 5 nitrogen and oxygen atoms in total. The summed E-state index contributed by atoms with van der Waals surface area (Å²) in [5.41, 5.74) is 0.394. The summed E-state index contributed by atoms with van der Waals surface area (Å²) in [5, 5.41) is 8.98. The summed E-state index contributed by atoms with van der Waals surface area (Å²) < 4.78 is 26.7. The van der Waals surface area contributed by atoms with Gasteiger partial charge in [-0.3, -0.25) is 4.72 Å². The molecule has 0 saturated carbocycles. The lowest BCUT2D eigenvalue weighted by molar-refractivity contribution is 0.601. The molecule has 0 unspecified atom stereocenters. The quantitative estimate of drug-likeness (QED) is 0.878. The van der Waals surface area contributed by atoms with E-state index in [2.05, 4.69) is 9.71 Å². The molecule has 0 spiro atoms. The van der Waals surface area contributed by atoms with Crippen LogP contribution in [0.3, 0.4) is 0 Å². The topological polar surface area (TPSA) is 82.9 Å². The Hall–Kier alpha value is -1.81. The average molecular weight is 328 g/mol. The Morgan fingerprint density at radius 2 is 1.95 bits per heavy atom. The van der Waals surface area contributed by atoms with Gasteiger partial charge in [-0.05, 0) is 18.2 Å². The number of pyridine rings is 1. The first-order chi connectivity index (χ1) is 9.44. The van der Waals surface area contributed by atoms with Crippen molar-refractivity contribution in [2.24, 2.45) is 0 Å². The van der Waals surface area contributed by atoms with Crippen molar-refractivity contribution in [2.75, 3.05) is 4.72 Å². The van der Waals surface area contributed by atoms with Crippen LogP contribution in [0.5, 0.6) is 0 Å². The number of hydrogen-bond acceptors (Lipinski definition) is 4. The van der Waals surface area contributed by atoms with Gasteiger partial charge in [-0.25, -0.2) is 13.4 Å². The number of nitrogens with zero attached hydrogens (tertiary/aromatic N) is 2. The van der Waals surface area contributed by atoms with Gasteiger partial charge in [0.15, 0.2) is 0 Å². The molecule has 8 heteroatoms. The third-order valence-corrected chi connectivity index (χ3v) is 4.39. The molecule has 20 heavy (non-hydrogen) atoms. The van der Waals surface area contributed by atoms with Crippen LogP contribution in [-0.2, 0) is 10.0 Å². The van der Waals surface area contributed by atoms with Crippen molar-refractivity contribution in [2.45, 2.75) is 4.90 Å². The van der Waals surface area contributed by atoms with Crippen molar-refractivity contribution in [3.05, 3.63) is 52.3 Å². The summed E-state index contributed by atoms with van der Waals surface area (Å²) in [5.74, 6) is 0. The second-order valence-electron chi connectivity index (χ2n) is 3.71. The third-order valence-electron chi connectivity index (χ3n) is 2.37. The Morgan fingerprint density at radius 3 is 2.60 bits per heavy atom. The SMILES string of the molecule is N#Cc1ccccc1NS(=O)(=O)c1cnc(Cl)c(Cl)c1. The first-order valence-electron chi connectivity index (χ1n) is 5.27. The third kappa shape index (κ3) is 3.02. The van der Waals surface area contributed by atoms with Gasteiger partial charge >= 0.3 is 0 Å². The van der Waals surface area contributed by atoms with E-state index in [4.69, 9.17) is 28.5 Å². The molecule has 0 amide bonds. The van der Waals surface area contributed by atoms with E-state index >= 15 is 0 Å². The van der Waals surface area contributed by atoms with Crippen LogP contribution in [0.4, 0.5) is 5.69 Å². The summed E-state index contributed by atoms with van der Waals surface area (Å²) >= 11 is 11.4. The lowest BCUT2D eigenvalue weighted by Crippen LogP contribution is -2.14. The molecule has 1 heterocycles. The van der Waals surface area contributed by atoms with Gasteiger partial charge in [0, 0.05) is 6.20 Å². The number of rotatable bonds is 3. The van der Waals surface area contributed by atoms with E-state index in [9.17, 15) is 8.42 Å². The van der Waals surface area contributed by atoms with Gasteiger partial charge in [0.1, 0.15) is 16.1 Å². The van der Waals surface area contributed by atoms with Gasteiger partial charge in [0.2, 0.25) is 0 Å². The molecule has 0 saturated heterocycles. The summed E-state index contributed by atoms with van der Waals surface area (Å²) in [7, 11) is -3.89. The lowest BCUT2D eigenvalue weighted by Gasteiger charge is -2.09. The summed E-state index contributed by atoms with van der Waals surface area (Å²) in [6.07, 6.45) is 1.09. The normalized spacial score (nSPS) is 10.8. The molecule has 0 aliphatic carbocycles. The van der Waals surface area contributed by atoms with Crippen LogP contribution < -0.4 is 4.72 Å². The number of aromatic nitrogens is 1. The molecule has 2 aromatic rings. The predicted molar refractivity (Wildman–Crippen MR) is 76.2 cm³/mol. The zero-order valence-electron chi connectivity index (χ0n) is 9.84. The summed E-state index contributed by atoms with van der Waals surface area (Å²) in [6.45, 7) is 0. The number of anilines is 1. The lowest BCUT2D eigenvalue weighted by atomic mass is 10.2. The van der Waals surface area contributed by atoms with Crippen LogP contribution in [0.1, 0.15) is 5.56 Å². The number of hydrogen-bond donors (Lipinski definition) is 1. The monoisotopic (exact) mass is 327 g/mol. The van der Waals surface area contributed by atoms with Crippen LogP contribution in [0, 0.1) is 11.3 Å². The minimum Gasteiger partial charge on any atom is -0.278 e. The van der Waals surface area contributed by atoms with Gasteiger partial charge in [0.25, 0.3) is 10.0 Å². The van der Waals surface area contributed by atoms with Gasteiger partial charge in [-0.15, -0.1) is 0 Å². The number of para-hydroxylation sites is 1. The smallest absolute Gasteiger partial charge is 0.263 e. The minimum atomic E-state index is -3.89. The standard InChI is InChI=1S/C12H7Cl2N3O2S/c13-10-5-9(7-16-12(10)14)20(18,19)17-11-4-2-1-3-8(11)6-15/h1-5,7,17H.